The first-order valence-electron chi connectivity index (χ1n) is 4.13. The Morgan fingerprint density at radius 1 is 1.27 bits per heavy atom. The summed E-state index contributed by atoms with van der Waals surface area (Å²) in [7, 11) is 0. The van der Waals surface area contributed by atoms with Crippen molar-refractivity contribution >= 4 is 32.6 Å². The monoisotopic (exact) mass is 276 g/mol. The Hall–Kier alpha value is 0.499. The summed E-state index contributed by atoms with van der Waals surface area (Å²) in [6, 6.07) is 4.64. The van der Waals surface area contributed by atoms with E-state index in [0.29, 0.717) is 0 Å². The fourth-order valence-corrected chi connectivity index (χ4v) is 7.39. The average Bonchev–Trinajstić information content (AvgIpc) is 2.32. The number of hydrogen-bond acceptors (Lipinski definition) is 1. The van der Waals surface area contributed by atoms with Gasteiger partial charge >= 0.3 is 77.8 Å². The van der Waals surface area contributed by atoms with Crippen LogP contribution in [0.25, 0.3) is 0 Å². The Bertz CT molecular complexity index is 232. The molecule has 1 aromatic rings. The molecule has 0 spiro atoms. The van der Waals surface area contributed by atoms with Gasteiger partial charge in [0.2, 0.25) is 0 Å². The van der Waals surface area contributed by atoms with Gasteiger partial charge in [-0.15, -0.1) is 0 Å². The molecule has 0 aliphatic carbocycles. The molecule has 0 unspecified atom stereocenters. The molecule has 0 atom stereocenters. The van der Waals surface area contributed by atoms with Crippen molar-refractivity contribution in [3.05, 3.63) is 17.0 Å². The third-order valence-electron chi connectivity index (χ3n) is 1.75. The molecule has 62 valence electrons. The third-order valence-corrected chi connectivity index (χ3v) is 12.5. The van der Waals surface area contributed by atoms with Crippen LogP contribution in [0.1, 0.15) is 11.8 Å². The molecular formula is C9H16SSn. The molecule has 0 nitrogen and oxygen atoms in total. The number of thiophene rings is 1. The Morgan fingerprint density at radius 3 is 2.18 bits per heavy atom. The van der Waals surface area contributed by atoms with E-state index in [1.165, 1.54) is 6.42 Å². The molecule has 1 rings (SSSR count). The number of rotatable bonds is 2. The summed E-state index contributed by atoms with van der Waals surface area (Å²) >= 11 is 0.336. The average molecular weight is 275 g/mol. The molecule has 0 aliphatic rings. The van der Waals surface area contributed by atoms with E-state index in [-0.39, 0.29) is 0 Å². The zero-order valence-electron chi connectivity index (χ0n) is 7.77. The van der Waals surface area contributed by atoms with Gasteiger partial charge in [-0.25, -0.2) is 0 Å². The van der Waals surface area contributed by atoms with Crippen LogP contribution in [0.4, 0.5) is 0 Å². The van der Waals surface area contributed by atoms with E-state index >= 15 is 0 Å². The van der Waals surface area contributed by atoms with Crippen LogP contribution in [0.2, 0.25) is 14.8 Å². The maximum absolute atomic E-state index is 2.47. The molecule has 0 radical (unpaired) electrons. The summed E-state index contributed by atoms with van der Waals surface area (Å²) in [4.78, 5) is 8.96. The number of hydrogen-bond donors (Lipinski definition) is 0. The number of aryl methyl sites for hydroxylation is 1. The van der Waals surface area contributed by atoms with Crippen LogP contribution in [-0.4, -0.2) is 18.4 Å². The standard InChI is InChI=1S/C6H7S.3CH3.Sn/c1-2-6-4-3-5-7-6;;;;/h3-4H,2H2,1H3;3*1H3;. The summed E-state index contributed by atoms with van der Waals surface area (Å²) in [5.74, 6) is 0. The third kappa shape index (κ3) is 2.48. The van der Waals surface area contributed by atoms with Gasteiger partial charge < -0.3 is 0 Å². The van der Waals surface area contributed by atoms with E-state index in [2.05, 4.69) is 33.9 Å². The molecule has 1 heterocycles. The summed E-state index contributed by atoms with van der Waals surface area (Å²) in [5.41, 5.74) is 0. The van der Waals surface area contributed by atoms with Gasteiger partial charge in [-0.1, -0.05) is 0 Å². The second-order valence-corrected chi connectivity index (χ2v) is 20.5. The van der Waals surface area contributed by atoms with Crippen molar-refractivity contribution in [2.45, 2.75) is 28.2 Å². The topological polar surface area (TPSA) is 0 Å². The molecule has 0 aromatic carbocycles. The minimum atomic E-state index is -1.70. The van der Waals surface area contributed by atoms with Gasteiger partial charge in [0.15, 0.2) is 0 Å². The Kier molecular flexibility index (Phi) is 3.03. The van der Waals surface area contributed by atoms with Crippen LogP contribution in [-0.2, 0) is 6.42 Å². The first-order chi connectivity index (χ1) is 5.04. The van der Waals surface area contributed by atoms with Crippen molar-refractivity contribution in [2.75, 3.05) is 0 Å². The van der Waals surface area contributed by atoms with Crippen molar-refractivity contribution in [2.24, 2.45) is 0 Å². The first-order valence-corrected chi connectivity index (χ1v) is 14.9. The van der Waals surface area contributed by atoms with E-state index in [0.717, 1.165) is 0 Å². The SMILES string of the molecule is CCc1cc[c]([Sn]([CH3])([CH3])[CH3])s1. The maximum atomic E-state index is 2.47. The molecule has 0 bridgehead atoms. The summed E-state index contributed by atoms with van der Waals surface area (Å²) in [6.45, 7) is 2.23. The fourth-order valence-electron chi connectivity index (χ4n) is 0.971. The van der Waals surface area contributed by atoms with E-state index < -0.39 is 18.4 Å². The second-order valence-electron chi connectivity index (χ2n) is 3.87. The Morgan fingerprint density at radius 2 is 1.91 bits per heavy atom. The van der Waals surface area contributed by atoms with Gasteiger partial charge in [-0.05, 0) is 0 Å². The molecule has 11 heavy (non-hydrogen) atoms. The van der Waals surface area contributed by atoms with Gasteiger partial charge in [0.1, 0.15) is 0 Å². The predicted molar refractivity (Wildman–Crippen MR) is 56.7 cm³/mol. The van der Waals surface area contributed by atoms with Crippen molar-refractivity contribution < 1.29 is 0 Å². The summed E-state index contributed by atoms with van der Waals surface area (Å²) < 4.78 is 1.70. The quantitative estimate of drug-likeness (QED) is 0.728. The van der Waals surface area contributed by atoms with Gasteiger partial charge in [-0.2, -0.15) is 0 Å². The van der Waals surface area contributed by atoms with Gasteiger partial charge in [0.05, 0.1) is 0 Å². The van der Waals surface area contributed by atoms with Gasteiger partial charge in [-0.3, -0.25) is 0 Å². The van der Waals surface area contributed by atoms with Crippen LogP contribution < -0.4 is 2.89 Å². The first kappa shape index (κ1) is 9.59. The van der Waals surface area contributed by atoms with E-state index in [1.54, 1.807) is 7.77 Å². The molecule has 0 fully saturated rings. The normalized spacial score (nSPS) is 12.0. The Balaban J connectivity index is 2.89. The zero-order chi connectivity index (χ0) is 8.48. The Labute approximate surface area is 77.5 Å². The van der Waals surface area contributed by atoms with Crippen molar-refractivity contribution in [1.82, 2.24) is 0 Å². The van der Waals surface area contributed by atoms with Crippen molar-refractivity contribution in [3.63, 3.8) is 0 Å². The van der Waals surface area contributed by atoms with Crippen LogP contribution in [0.3, 0.4) is 0 Å². The van der Waals surface area contributed by atoms with Gasteiger partial charge in [0.25, 0.3) is 0 Å². The molecule has 0 saturated carbocycles. The van der Waals surface area contributed by atoms with Crippen LogP contribution in [0, 0.1) is 0 Å². The zero-order valence-corrected chi connectivity index (χ0v) is 11.4. The van der Waals surface area contributed by atoms with Gasteiger partial charge in [0, 0.05) is 0 Å². The van der Waals surface area contributed by atoms with Crippen LogP contribution in [0.5, 0.6) is 0 Å². The van der Waals surface area contributed by atoms with E-state index in [4.69, 9.17) is 0 Å². The van der Waals surface area contributed by atoms with Crippen LogP contribution >= 0.6 is 11.3 Å². The minimum absolute atomic E-state index is 1.20. The molecule has 0 saturated heterocycles. The summed E-state index contributed by atoms with van der Waals surface area (Å²) in [6.07, 6.45) is 1.20. The van der Waals surface area contributed by atoms with E-state index in [1.807, 2.05) is 11.3 Å². The van der Waals surface area contributed by atoms with E-state index in [9.17, 15) is 0 Å². The molecule has 1 aromatic heterocycles. The molecular weight excluding hydrogens is 259 g/mol. The molecule has 0 amide bonds. The molecule has 0 aliphatic heterocycles. The summed E-state index contributed by atoms with van der Waals surface area (Å²) in [5, 5.41) is 0. The molecule has 0 N–H and O–H groups in total. The second kappa shape index (κ2) is 3.48. The predicted octanol–water partition coefficient (Wildman–Crippen LogP) is 2.86. The molecule has 2 heteroatoms. The van der Waals surface area contributed by atoms with Crippen molar-refractivity contribution in [3.8, 4) is 0 Å². The van der Waals surface area contributed by atoms with Crippen molar-refractivity contribution in [1.29, 1.82) is 0 Å². The van der Waals surface area contributed by atoms with Crippen LogP contribution in [0.15, 0.2) is 12.1 Å². The fraction of sp³-hybridized carbons (Fsp3) is 0.556.